The van der Waals surface area contributed by atoms with E-state index in [1.807, 2.05) is 0 Å². The second kappa shape index (κ2) is 7.75. The summed E-state index contributed by atoms with van der Waals surface area (Å²) in [7, 11) is 0. The number of urea groups is 1. The van der Waals surface area contributed by atoms with Crippen molar-refractivity contribution in [1.29, 1.82) is 0 Å². The molecule has 1 saturated carbocycles. The molecular formula is C20H22N4O4. The van der Waals surface area contributed by atoms with Crippen molar-refractivity contribution < 1.29 is 18.8 Å². The van der Waals surface area contributed by atoms with E-state index in [-0.39, 0.29) is 23.9 Å². The average molecular weight is 382 g/mol. The van der Waals surface area contributed by atoms with Gasteiger partial charge >= 0.3 is 6.03 Å². The summed E-state index contributed by atoms with van der Waals surface area (Å²) in [4.78, 5) is 40.4. The number of furan rings is 1. The molecule has 8 heteroatoms. The molecule has 0 atom stereocenters. The number of anilines is 1. The highest BCUT2D eigenvalue weighted by Gasteiger charge is 2.27. The third kappa shape index (κ3) is 4.16. The van der Waals surface area contributed by atoms with Crippen LogP contribution >= 0.6 is 0 Å². The molecule has 2 N–H and O–H groups in total. The van der Waals surface area contributed by atoms with Crippen molar-refractivity contribution in [3.05, 3.63) is 54.0 Å². The van der Waals surface area contributed by atoms with Crippen LogP contribution in [0.2, 0.25) is 0 Å². The predicted molar refractivity (Wildman–Crippen MR) is 102 cm³/mol. The monoisotopic (exact) mass is 382 g/mol. The zero-order valence-corrected chi connectivity index (χ0v) is 15.4. The molecule has 0 radical (unpaired) electrons. The standard InChI is InChI=1S/C20H22N4O4/c25-18(14-3-1-4-16(13-14)22-20(27)21-15-6-7-15)23-8-10-24(11-9-23)19(26)17-5-2-12-28-17/h1-5,12-13,15H,6-11H2,(H2,21,22,27). The van der Waals surface area contributed by atoms with Gasteiger partial charge in [0, 0.05) is 43.5 Å². The molecule has 1 aliphatic heterocycles. The second-order valence-electron chi connectivity index (χ2n) is 7.02. The summed E-state index contributed by atoms with van der Waals surface area (Å²) in [5, 5.41) is 5.62. The molecule has 1 aliphatic carbocycles. The molecule has 146 valence electrons. The topological polar surface area (TPSA) is 94.9 Å². The number of rotatable bonds is 4. The molecule has 0 bridgehead atoms. The molecule has 4 rings (SSSR count). The second-order valence-corrected chi connectivity index (χ2v) is 7.02. The van der Waals surface area contributed by atoms with Gasteiger partial charge in [0.1, 0.15) is 0 Å². The van der Waals surface area contributed by atoms with Gasteiger partial charge in [-0.2, -0.15) is 0 Å². The molecule has 1 saturated heterocycles. The van der Waals surface area contributed by atoms with E-state index in [4.69, 9.17) is 4.42 Å². The van der Waals surface area contributed by atoms with E-state index in [9.17, 15) is 14.4 Å². The van der Waals surface area contributed by atoms with E-state index in [1.165, 1.54) is 6.26 Å². The summed E-state index contributed by atoms with van der Waals surface area (Å²) in [6, 6.07) is 10.2. The van der Waals surface area contributed by atoms with E-state index in [1.54, 1.807) is 46.2 Å². The van der Waals surface area contributed by atoms with Crippen LogP contribution in [0.5, 0.6) is 0 Å². The van der Waals surface area contributed by atoms with Gasteiger partial charge in [-0.25, -0.2) is 4.79 Å². The normalized spacial score (nSPS) is 16.6. The van der Waals surface area contributed by atoms with Crippen LogP contribution in [-0.4, -0.2) is 59.9 Å². The van der Waals surface area contributed by atoms with Crippen LogP contribution in [0.15, 0.2) is 47.1 Å². The number of piperazine rings is 1. The Kier molecular flexibility index (Phi) is 5.01. The number of carbonyl (C=O) groups is 3. The van der Waals surface area contributed by atoms with E-state index in [2.05, 4.69) is 10.6 Å². The lowest BCUT2D eigenvalue weighted by Gasteiger charge is -2.34. The Balaban J connectivity index is 1.34. The van der Waals surface area contributed by atoms with Crippen molar-refractivity contribution in [2.75, 3.05) is 31.5 Å². The lowest BCUT2D eigenvalue weighted by Crippen LogP contribution is -2.50. The van der Waals surface area contributed by atoms with Crippen LogP contribution in [-0.2, 0) is 0 Å². The van der Waals surface area contributed by atoms with Gasteiger partial charge in [-0.05, 0) is 43.2 Å². The van der Waals surface area contributed by atoms with Crippen molar-refractivity contribution in [3.8, 4) is 0 Å². The first-order valence-electron chi connectivity index (χ1n) is 9.40. The summed E-state index contributed by atoms with van der Waals surface area (Å²) >= 11 is 0. The lowest BCUT2D eigenvalue weighted by atomic mass is 10.1. The van der Waals surface area contributed by atoms with Crippen LogP contribution in [0, 0.1) is 0 Å². The van der Waals surface area contributed by atoms with Crippen molar-refractivity contribution in [2.24, 2.45) is 0 Å². The average Bonchev–Trinajstić information content (AvgIpc) is 3.35. The highest BCUT2D eigenvalue weighted by molar-refractivity contribution is 5.97. The maximum Gasteiger partial charge on any atom is 0.319 e. The van der Waals surface area contributed by atoms with Crippen LogP contribution in [0.4, 0.5) is 10.5 Å². The van der Waals surface area contributed by atoms with E-state index >= 15 is 0 Å². The summed E-state index contributed by atoms with van der Waals surface area (Å²) in [6.45, 7) is 1.80. The molecule has 4 amide bonds. The molecule has 0 spiro atoms. The van der Waals surface area contributed by atoms with Crippen molar-refractivity contribution in [3.63, 3.8) is 0 Å². The molecule has 1 aromatic heterocycles. The number of carbonyl (C=O) groups excluding carboxylic acids is 3. The van der Waals surface area contributed by atoms with Crippen LogP contribution in [0.25, 0.3) is 0 Å². The van der Waals surface area contributed by atoms with Gasteiger partial charge in [-0.3, -0.25) is 9.59 Å². The van der Waals surface area contributed by atoms with Gasteiger partial charge < -0.3 is 24.9 Å². The molecular weight excluding hydrogens is 360 g/mol. The highest BCUT2D eigenvalue weighted by Crippen LogP contribution is 2.19. The fourth-order valence-corrected chi connectivity index (χ4v) is 3.16. The fraction of sp³-hybridized carbons (Fsp3) is 0.350. The Hall–Kier alpha value is -3.29. The zero-order chi connectivity index (χ0) is 19.5. The fourth-order valence-electron chi connectivity index (χ4n) is 3.16. The minimum atomic E-state index is -0.253. The van der Waals surface area contributed by atoms with Gasteiger partial charge in [0.25, 0.3) is 11.8 Å². The third-order valence-electron chi connectivity index (χ3n) is 4.87. The maximum absolute atomic E-state index is 12.8. The number of nitrogens with zero attached hydrogens (tertiary/aromatic N) is 2. The van der Waals surface area contributed by atoms with Gasteiger partial charge in [-0.1, -0.05) is 6.07 Å². The molecule has 2 heterocycles. The Morgan fingerprint density at radius 2 is 1.64 bits per heavy atom. The van der Waals surface area contributed by atoms with Crippen molar-refractivity contribution in [1.82, 2.24) is 15.1 Å². The minimum Gasteiger partial charge on any atom is -0.459 e. The maximum atomic E-state index is 12.8. The molecule has 1 aromatic carbocycles. The van der Waals surface area contributed by atoms with E-state index < -0.39 is 0 Å². The Bertz CT molecular complexity index is 868. The van der Waals surface area contributed by atoms with Gasteiger partial charge in [0.05, 0.1) is 6.26 Å². The number of benzene rings is 1. The first-order valence-corrected chi connectivity index (χ1v) is 9.40. The molecule has 2 fully saturated rings. The minimum absolute atomic E-state index is 0.114. The highest BCUT2D eigenvalue weighted by atomic mass is 16.3. The molecule has 0 unspecified atom stereocenters. The van der Waals surface area contributed by atoms with Gasteiger partial charge in [0.2, 0.25) is 0 Å². The van der Waals surface area contributed by atoms with Gasteiger partial charge in [0.15, 0.2) is 5.76 Å². The zero-order valence-electron chi connectivity index (χ0n) is 15.4. The van der Waals surface area contributed by atoms with Crippen molar-refractivity contribution in [2.45, 2.75) is 18.9 Å². The summed E-state index contributed by atoms with van der Waals surface area (Å²) in [5.74, 6) is 0.0318. The van der Waals surface area contributed by atoms with E-state index in [0.29, 0.717) is 43.2 Å². The lowest BCUT2D eigenvalue weighted by molar-refractivity contribution is 0.0518. The molecule has 28 heavy (non-hydrogen) atoms. The first-order chi connectivity index (χ1) is 13.6. The van der Waals surface area contributed by atoms with Crippen LogP contribution < -0.4 is 10.6 Å². The van der Waals surface area contributed by atoms with Crippen molar-refractivity contribution >= 4 is 23.5 Å². The smallest absolute Gasteiger partial charge is 0.319 e. The first kappa shape index (κ1) is 18.1. The number of amides is 4. The largest absolute Gasteiger partial charge is 0.459 e. The van der Waals surface area contributed by atoms with Crippen LogP contribution in [0.3, 0.4) is 0 Å². The summed E-state index contributed by atoms with van der Waals surface area (Å²) in [6.07, 6.45) is 3.50. The Morgan fingerprint density at radius 3 is 2.29 bits per heavy atom. The Morgan fingerprint density at radius 1 is 0.929 bits per heavy atom. The predicted octanol–water partition coefficient (Wildman–Crippen LogP) is 2.16. The summed E-state index contributed by atoms with van der Waals surface area (Å²) < 4.78 is 5.15. The molecule has 2 aliphatic rings. The third-order valence-corrected chi connectivity index (χ3v) is 4.87. The van der Waals surface area contributed by atoms with Crippen LogP contribution in [0.1, 0.15) is 33.8 Å². The SMILES string of the molecule is O=C(Nc1cccc(C(=O)N2CCN(C(=O)c3ccco3)CC2)c1)NC1CC1. The Labute approximate surface area is 162 Å². The number of hydrogen-bond donors (Lipinski definition) is 2. The van der Waals surface area contributed by atoms with E-state index in [0.717, 1.165) is 12.8 Å². The summed E-state index contributed by atoms with van der Waals surface area (Å²) in [5.41, 5.74) is 1.09. The number of hydrogen-bond acceptors (Lipinski definition) is 4. The molecule has 8 nitrogen and oxygen atoms in total. The quantitative estimate of drug-likeness (QED) is 0.847. The van der Waals surface area contributed by atoms with Gasteiger partial charge in [-0.15, -0.1) is 0 Å². The molecule has 2 aromatic rings. The number of nitrogens with one attached hydrogen (secondary N) is 2.